The molecular formula is C18H22Cl2IN7. The minimum atomic E-state index is 0. The highest BCUT2D eigenvalue weighted by Crippen LogP contribution is 2.24. The number of aliphatic imine (C=N–C) groups is 1. The molecule has 10 heteroatoms. The van der Waals surface area contributed by atoms with Gasteiger partial charge in [-0.3, -0.25) is 5.10 Å². The Balaban J connectivity index is 0.00000280. The van der Waals surface area contributed by atoms with E-state index in [9.17, 15) is 0 Å². The number of rotatable bonds is 6. The zero-order valence-corrected chi connectivity index (χ0v) is 19.4. The maximum Gasteiger partial charge on any atom is 0.191 e. The Hall–Kier alpha value is -1.78. The van der Waals surface area contributed by atoms with Crippen LogP contribution in [0.5, 0.6) is 0 Å². The van der Waals surface area contributed by atoms with Gasteiger partial charge in [0, 0.05) is 24.8 Å². The number of benzene rings is 1. The van der Waals surface area contributed by atoms with E-state index in [-0.39, 0.29) is 24.0 Å². The van der Waals surface area contributed by atoms with E-state index in [1.165, 1.54) is 6.33 Å². The Kier molecular flexibility index (Phi) is 8.58. The fraction of sp³-hybridized carbons (Fsp3) is 0.278. The van der Waals surface area contributed by atoms with Crippen molar-refractivity contribution < 1.29 is 0 Å². The molecule has 0 aliphatic rings. The molecule has 0 aliphatic heterocycles. The summed E-state index contributed by atoms with van der Waals surface area (Å²) in [6.45, 7) is 3.88. The highest BCUT2D eigenvalue weighted by Gasteiger charge is 2.09. The minimum absolute atomic E-state index is 0. The Morgan fingerprint density at radius 3 is 2.71 bits per heavy atom. The second-order valence-corrected chi connectivity index (χ2v) is 6.68. The quantitative estimate of drug-likeness (QED) is 0.254. The summed E-state index contributed by atoms with van der Waals surface area (Å²) in [6, 6.07) is 9.90. The smallest absolute Gasteiger partial charge is 0.191 e. The molecule has 2 aromatic heterocycles. The third-order valence-electron chi connectivity index (χ3n) is 4.03. The molecule has 0 spiro atoms. The van der Waals surface area contributed by atoms with E-state index in [2.05, 4.69) is 30.8 Å². The van der Waals surface area contributed by atoms with Gasteiger partial charge in [0.2, 0.25) is 0 Å². The molecule has 3 aromatic rings. The van der Waals surface area contributed by atoms with Crippen LogP contribution in [0.15, 0.2) is 41.7 Å². The molecule has 0 amide bonds. The number of guanidine groups is 1. The maximum absolute atomic E-state index is 6.12. The predicted octanol–water partition coefficient (Wildman–Crippen LogP) is 3.99. The molecule has 150 valence electrons. The van der Waals surface area contributed by atoms with Gasteiger partial charge >= 0.3 is 0 Å². The van der Waals surface area contributed by atoms with Crippen molar-refractivity contribution in [3.63, 3.8) is 0 Å². The van der Waals surface area contributed by atoms with Crippen molar-refractivity contribution >= 4 is 53.1 Å². The molecule has 3 N–H and O–H groups in total. The van der Waals surface area contributed by atoms with Crippen molar-refractivity contribution in [3.8, 4) is 11.4 Å². The molecule has 0 fully saturated rings. The lowest BCUT2D eigenvalue weighted by atomic mass is 10.1. The summed E-state index contributed by atoms with van der Waals surface area (Å²) in [5.41, 5.74) is 3.03. The molecule has 0 aliphatic carbocycles. The summed E-state index contributed by atoms with van der Waals surface area (Å²) >= 11 is 12.2. The van der Waals surface area contributed by atoms with E-state index < -0.39 is 0 Å². The van der Waals surface area contributed by atoms with Gasteiger partial charge in [0.15, 0.2) is 11.8 Å². The van der Waals surface area contributed by atoms with Crippen molar-refractivity contribution in [1.29, 1.82) is 0 Å². The third kappa shape index (κ3) is 5.62. The van der Waals surface area contributed by atoms with Crippen LogP contribution in [0.25, 0.3) is 11.4 Å². The molecular weight excluding hydrogens is 512 g/mol. The number of hydrogen-bond acceptors (Lipinski definition) is 3. The van der Waals surface area contributed by atoms with Crippen LogP contribution in [-0.2, 0) is 20.1 Å². The molecule has 28 heavy (non-hydrogen) atoms. The van der Waals surface area contributed by atoms with Gasteiger partial charge in [-0.2, -0.15) is 5.10 Å². The van der Waals surface area contributed by atoms with Crippen LogP contribution in [0.3, 0.4) is 0 Å². The Bertz CT molecular complexity index is 922. The van der Waals surface area contributed by atoms with Gasteiger partial charge in [-0.05, 0) is 24.6 Å². The van der Waals surface area contributed by atoms with Crippen molar-refractivity contribution in [3.05, 3.63) is 58.1 Å². The number of nitrogens with one attached hydrogen (secondary N) is 3. The SMILES string of the molecule is CCNC(=NCc1cccc(-c2ncn[nH]2)c1)NCc1cc(Cl)c(Cl)n1C.I. The second kappa shape index (κ2) is 10.7. The predicted molar refractivity (Wildman–Crippen MR) is 124 cm³/mol. The normalized spacial score (nSPS) is 11.2. The highest BCUT2D eigenvalue weighted by atomic mass is 127. The zero-order chi connectivity index (χ0) is 19.2. The van der Waals surface area contributed by atoms with Crippen LogP contribution in [0.1, 0.15) is 18.2 Å². The number of hydrogen-bond donors (Lipinski definition) is 3. The first kappa shape index (κ1) is 22.5. The van der Waals surface area contributed by atoms with Gasteiger partial charge in [0.25, 0.3) is 0 Å². The summed E-state index contributed by atoms with van der Waals surface area (Å²) in [7, 11) is 1.88. The van der Waals surface area contributed by atoms with E-state index in [4.69, 9.17) is 23.2 Å². The van der Waals surface area contributed by atoms with E-state index in [1.54, 1.807) is 0 Å². The number of halogens is 3. The maximum atomic E-state index is 6.12. The fourth-order valence-electron chi connectivity index (χ4n) is 2.61. The Morgan fingerprint density at radius 1 is 1.25 bits per heavy atom. The van der Waals surface area contributed by atoms with Crippen LogP contribution in [0.4, 0.5) is 0 Å². The topological polar surface area (TPSA) is 82.9 Å². The molecule has 1 aromatic carbocycles. The van der Waals surface area contributed by atoms with Crippen LogP contribution < -0.4 is 10.6 Å². The van der Waals surface area contributed by atoms with Gasteiger partial charge in [-0.25, -0.2) is 9.98 Å². The fourth-order valence-corrected chi connectivity index (χ4v) is 3.02. The third-order valence-corrected chi connectivity index (χ3v) is 4.87. The Morgan fingerprint density at radius 2 is 2.07 bits per heavy atom. The lowest BCUT2D eigenvalue weighted by molar-refractivity contribution is 0.752. The first-order chi connectivity index (χ1) is 13.1. The van der Waals surface area contributed by atoms with E-state index in [1.807, 2.05) is 48.9 Å². The molecule has 0 saturated carbocycles. The first-order valence-electron chi connectivity index (χ1n) is 8.55. The number of aromatic amines is 1. The molecule has 0 bridgehead atoms. The molecule has 0 radical (unpaired) electrons. The first-order valence-corrected chi connectivity index (χ1v) is 9.30. The van der Waals surface area contributed by atoms with E-state index in [0.29, 0.717) is 23.3 Å². The summed E-state index contributed by atoms with van der Waals surface area (Å²) in [6.07, 6.45) is 1.50. The van der Waals surface area contributed by atoms with Crippen molar-refractivity contribution in [2.45, 2.75) is 20.0 Å². The number of aromatic nitrogens is 4. The summed E-state index contributed by atoms with van der Waals surface area (Å²) in [5, 5.41) is 14.4. The lowest BCUT2D eigenvalue weighted by Crippen LogP contribution is -2.37. The van der Waals surface area contributed by atoms with Crippen LogP contribution in [0.2, 0.25) is 10.2 Å². The second-order valence-electron chi connectivity index (χ2n) is 5.92. The molecule has 0 saturated heterocycles. The molecule has 3 rings (SSSR count). The van der Waals surface area contributed by atoms with Crippen molar-refractivity contribution in [2.75, 3.05) is 6.54 Å². The molecule has 0 unspecified atom stereocenters. The largest absolute Gasteiger partial charge is 0.357 e. The highest BCUT2D eigenvalue weighted by molar-refractivity contribution is 14.0. The van der Waals surface area contributed by atoms with Gasteiger partial charge < -0.3 is 15.2 Å². The molecule has 7 nitrogen and oxygen atoms in total. The average molecular weight is 534 g/mol. The average Bonchev–Trinajstić information content (AvgIpc) is 3.29. The van der Waals surface area contributed by atoms with Crippen molar-refractivity contribution in [2.24, 2.45) is 12.0 Å². The van der Waals surface area contributed by atoms with E-state index >= 15 is 0 Å². The van der Waals surface area contributed by atoms with Gasteiger partial charge in [0.05, 0.1) is 18.1 Å². The summed E-state index contributed by atoms with van der Waals surface area (Å²) < 4.78 is 1.85. The van der Waals surface area contributed by atoms with E-state index in [0.717, 1.165) is 35.1 Å². The minimum Gasteiger partial charge on any atom is -0.357 e. The van der Waals surface area contributed by atoms with Crippen LogP contribution in [-0.4, -0.2) is 32.3 Å². The standard InChI is InChI=1S/C18H21Cl2N7.HI/c1-3-21-18(23-10-14-8-15(19)16(20)27(14)2)22-9-12-5-4-6-13(7-12)17-24-11-25-26-17;/h4-8,11H,3,9-10H2,1-2H3,(H2,21,22,23)(H,24,25,26);1H. The van der Waals surface area contributed by atoms with Crippen LogP contribution >= 0.6 is 47.2 Å². The van der Waals surface area contributed by atoms with Crippen molar-refractivity contribution in [1.82, 2.24) is 30.4 Å². The number of H-pyrrole nitrogens is 1. The molecule has 0 atom stereocenters. The van der Waals surface area contributed by atoms with Gasteiger partial charge in [0.1, 0.15) is 11.5 Å². The monoisotopic (exact) mass is 533 g/mol. The number of nitrogens with zero attached hydrogens (tertiary/aromatic N) is 4. The van der Waals surface area contributed by atoms with Crippen LogP contribution in [0, 0.1) is 0 Å². The Labute approximate surface area is 191 Å². The van der Waals surface area contributed by atoms with Gasteiger partial charge in [-0.1, -0.05) is 41.4 Å². The van der Waals surface area contributed by atoms with Gasteiger partial charge in [-0.15, -0.1) is 24.0 Å². The summed E-state index contributed by atoms with van der Waals surface area (Å²) in [4.78, 5) is 8.83. The molecule has 2 heterocycles. The lowest BCUT2D eigenvalue weighted by Gasteiger charge is -2.12. The zero-order valence-electron chi connectivity index (χ0n) is 15.5. The summed E-state index contributed by atoms with van der Waals surface area (Å²) in [5.74, 6) is 1.46.